The van der Waals surface area contributed by atoms with Crippen LogP contribution in [0.3, 0.4) is 0 Å². The van der Waals surface area contributed by atoms with Crippen molar-refractivity contribution in [1.82, 2.24) is 15.0 Å². The van der Waals surface area contributed by atoms with Gasteiger partial charge in [0.2, 0.25) is 17.6 Å². The third-order valence-corrected chi connectivity index (χ3v) is 5.92. The van der Waals surface area contributed by atoms with Gasteiger partial charge >= 0.3 is 0 Å². The maximum Gasteiger partial charge on any atom is 0.227 e. The minimum atomic E-state index is 0.131. The van der Waals surface area contributed by atoms with Crippen LogP contribution < -0.4 is 5.73 Å². The first-order valence-electron chi connectivity index (χ1n) is 7.61. The van der Waals surface area contributed by atoms with Crippen molar-refractivity contribution in [2.45, 2.75) is 19.8 Å². The van der Waals surface area contributed by atoms with E-state index in [0.717, 1.165) is 22.4 Å². The van der Waals surface area contributed by atoms with Crippen molar-refractivity contribution >= 4 is 33.2 Å². The largest absolute Gasteiger partial charge is 0.342 e. The van der Waals surface area contributed by atoms with Crippen molar-refractivity contribution in [2.75, 3.05) is 19.6 Å². The minimum absolute atomic E-state index is 0.131. The zero-order valence-corrected chi connectivity index (χ0v) is 15.3. The van der Waals surface area contributed by atoms with E-state index in [1.807, 2.05) is 16.3 Å². The lowest BCUT2D eigenvalue weighted by atomic mass is 9.99. The molecular formula is C15H19BrN4O2S. The SMILES string of the molecule is C[C@@H]1CN(C(=O)CCc2nc(-c3cc(Br)cs3)no2)C[C@H]1CN. The highest BCUT2D eigenvalue weighted by atomic mass is 79.9. The molecule has 0 unspecified atom stereocenters. The van der Waals surface area contributed by atoms with Crippen LogP contribution in [0.15, 0.2) is 20.4 Å². The Labute approximate surface area is 147 Å². The van der Waals surface area contributed by atoms with Crippen molar-refractivity contribution in [3.63, 3.8) is 0 Å². The molecule has 2 aromatic heterocycles. The Morgan fingerprint density at radius 3 is 3.04 bits per heavy atom. The van der Waals surface area contributed by atoms with Crippen molar-refractivity contribution in [1.29, 1.82) is 0 Å². The van der Waals surface area contributed by atoms with Crippen LogP contribution in [0.4, 0.5) is 0 Å². The number of hydrogen-bond donors (Lipinski definition) is 1. The Kier molecular flexibility index (Phi) is 5.13. The van der Waals surface area contributed by atoms with Crippen LogP contribution in [0, 0.1) is 11.8 Å². The summed E-state index contributed by atoms with van der Waals surface area (Å²) >= 11 is 4.95. The number of thiophene rings is 1. The molecule has 0 radical (unpaired) electrons. The first kappa shape index (κ1) is 16.6. The monoisotopic (exact) mass is 398 g/mol. The maximum absolute atomic E-state index is 12.3. The summed E-state index contributed by atoms with van der Waals surface area (Å²) in [5.41, 5.74) is 5.74. The summed E-state index contributed by atoms with van der Waals surface area (Å²) in [4.78, 5) is 19.5. The molecule has 3 heterocycles. The van der Waals surface area contributed by atoms with Crippen LogP contribution in [0.5, 0.6) is 0 Å². The molecule has 0 aliphatic carbocycles. The fraction of sp³-hybridized carbons (Fsp3) is 0.533. The van der Waals surface area contributed by atoms with E-state index in [1.54, 1.807) is 11.3 Å². The predicted molar refractivity (Wildman–Crippen MR) is 91.9 cm³/mol. The molecule has 2 N–H and O–H groups in total. The molecule has 0 saturated carbocycles. The van der Waals surface area contributed by atoms with Crippen molar-refractivity contribution in [3.05, 3.63) is 21.8 Å². The Hall–Kier alpha value is -1.25. The summed E-state index contributed by atoms with van der Waals surface area (Å²) in [6, 6.07) is 1.95. The number of amides is 1. The number of nitrogens with zero attached hydrogens (tertiary/aromatic N) is 3. The fourth-order valence-corrected chi connectivity index (χ4v) is 4.16. The van der Waals surface area contributed by atoms with E-state index in [1.165, 1.54) is 0 Å². The van der Waals surface area contributed by atoms with Gasteiger partial charge < -0.3 is 15.2 Å². The molecule has 0 bridgehead atoms. The van der Waals surface area contributed by atoms with Gasteiger partial charge in [0.25, 0.3) is 0 Å². The molecule has 2 atom stereocenters. The Bertz CT molecular complexity index is 687. The molecule has 3 rings (SSSR count). The first-order valence-corrected chi connectivity index (χ1v) is 9.29. The molecule has 1 aliphatic heterocycles. The second kappa shape index (κ2) is 7.11. The summed E-state index contributed by atoms with van der Waals surface area (Å²) in [5.74, 6) is 2.08. The van der Waals surface area contributed by atoms with Gasteiger partial charge in [-0.15, -0.1) is 11.3 Å². The third-order valence-electron chi connectivity index (χ3n) is 4.23. The number of carbonyl (C=O) groups excluding carboxylic acids is 1. The highest BCUT2D eigenvalue weighted by molar-refractivity contribution is 9.10. The highest BCUT2D eigenvalue weighted by Gasteiger charge is 2.31. The number of rotatable bonds is 5. The topological polar surface area (TPSA) is 85.2 Å². The predicted octanol–water partition coefficient (Wildman–Crippen LogP) is 2.55. The van der Waals surface area contributed by atoms with Gasteiger partial charge in [-0.3, -0.25) is 4.79 Å². The second-order valence-electron chi connectivity index (χ2n) is 5.91. The average molecular weight is 399 g/mol. The number of aryl methyl sites for hydroxylation is 1. The van der Waals surface area contributed by atoms with E-state index in [2.05, 4.69) is 33.0 Å². The lowest BCUT2D eigenvalue weighted by molar-refractivity contribution is -0.130. The van der Waals surface area contributed by atoms with Crippen LogP contribution in [-0.2, 0) is 11.2 Å². The van der Waals surface area contributed by atoms with Gasteiger partial charge in [-0.2, -0.15) is 4.98 Å². The number of halogens is 1. The molecule has 1 aliphatic rings. The Morgan fingerprint density at radius 2 is 2.39 bits per heavy atom. The van der Waals surface area contributed by atoms with Crippen molar-refractivity contribution in [3.8, 4) is 10.7 Å². The Balaban J connectivity index is 1.55. The number of hydrogen-bond acceptors (Lipinski definition) is 6. The van der Waals surface area contributed by atoms with E-state index in [-0.39, 0.29) is 5.91 Å². The van der Waals surface area contributed by atoms with Crippen molar-refractivity contribution in [2.24, 2.45) is 17.6 Å². The molecule has 8 heteroatoms. The standard InChI is InChI=1S/C15H19BrN4O2S/c1-9-6-20(7-10(9)5-17)14(21)3-2-13-18-15(19-22-13)12-4-11(16)8-23-12/h4,8-10H,2-3,5-7,17H2,1H3/t9-,10-/m1/s1. The van der Waals surface area contributed by atoms with Gasteiger partial charge in [-0.1, -0.05) is 12.1 Å². The maximum atomic E-state index is 12.3. The molecule has 1 fully saturated rings. The number of carbonyl (C=O) groups is 1. The Morgan fingerprint density at radius 1 is 1.57 bits per heavy atom. The van der Waals surface area contributed by atoms with Crippen LogP contribution >= 0.6 is 27.3 Å². The average Bonchev–Trinajstić information content (AvgIpc) is 3.24. The van der Waals surface area contributed by atoms with Crippen LogP contribution in [0.25, 0.3) is 10.7 Å². The van der Waals surface area contributed by atoms with Gasteiger partial charge in [0.1, 0.15) is 0 Å². The molecule has 0 spiro atoms. The van der Waals surface area contributed by atoms with E-state index < -0.39 is 0 Å². The molecule has 1 amide bonds. The summed E-state index contributed by atoms with van der Waals surface area (Å²) in [7, 11) is 0. The van der Waals surface area contributed by atoms with Gasteiger partial charge in [-0.05, 0) is 40.4 Å². The second-order valence-corrected chi connectivity index (χ2v) is 7.74. The lowest BCUT2D eigenvalue weighted by Gasteiger charge is -2.15. The normalized spacial score (nSPS) is 21.1. The van der Waals surface area contributed by atoms with E-state index in [0.29, 0.717) is 42.9 Å². The smallest absolute Gasteiger partial charge is 0.227 e. The molecule has 2 aromatic rings. The summed E-state index contributed by atoms with van der Waals surface area (Å²) < 4.78 is 6.24. The van der Waals surface area contributed by atoms with Crippen molar-refractivity contribution < 1.29 is 9.32 Å². The van der Waals surface area contributed by atoms with Crippen LogP contribution in [0.1, 0.15) is 19.2 Å². The van der Waals surface area contributed by atoms with Gasteiger partial charge in [-0.25, -0.2) is 0 Å². The zero-order chi connectivity index (χ0) is 16.4. The molecule has 23 heavy (non-hydrogen) atoms. The van der Waals surface area contributed by atoms with E-state index >= 15 is 0 Å². The minimum Gasteiger partial charge on any atom is -0.342 e. The fourth-order valence-electron chi connectivity index (χ4n) is 2.80. The molecule has 0 aromatic carbocycles. The highest BCUT2D eigenvalue weighted by Crippen LogP contribution is 2.28. The first-order chi connectivity index (χ1) is 11.1. The van der Waals surface area contributed by atoms with Gasteiger partial charge in [0.05, 0.1) is 4.88 Å². The summed E-state index contributed by atoms with van der Waals surface area (Å²) in [6.07, 6.45) is 0.857. The molecule has 124 valence electrons. The molecular weight excluding hydrogens is 380 g/mol. The quantitative estimate of drug-likeness (QED) is 0.835. The summed E-state index contributed by atoms with van der Waals surface area (Å²) in [6.45, 7) is 4.33. The van der Waals surface area contributed by atoms with Gasteiger partial charge in [0.15, 0.2) is 0 Å². The van der Waals surface area contributed by atoms with Gasteiger partial charge in [0, 0.05) is 35.8 Å². The van der Waals surface area contributed by atoms with Crippen LogP contribution in [-0.4, -0.2) is 40.6 Å². The zero-order valence-electron chi connectivity index (χ0n) is 12.9. The van der Waals surface area contributed by atoms with E-state index in [4.69, 9.17) is 10.3 Å². The van der Waals surface area contributed by atoms with E-state index in [9.17, 15) is 4.79 Å². The number of aromatic nitrogens is 2. The summed E-state index contributed by atoms with van der Waals surface area (Å²) in [5, 5.41) is 5.94. The molecule has 1 saturated heterocycles. The lowest BCUT2D eigenvalue weighted by Crippen LogP contribution is -2.30. The number of nitrogens with two attached hydrogens (primary N) is 1. The van der Waals surface area contributed by atoms with Crippen LogP contribution in [0.2, 0.25) is 0 Å². The number of likely N-dealkylation sites (tertiary alicyclic amines) is 1. The third kappa shape index (κ3) is 3.81. The molecule has 6 nitrogen and oxygen atoms in total.